The molecule has 1 saturated heterocycles. The van der Waals surface area contributed by atoms with Crippen molar-refractivity contribution >= 4 is 15.7 Å². The van der Waals surface area contributed by atoms with Gasteiger partial charge < -0.3 is 4.74 Å². The molecule has 0 amide bonds. The summed E-state index contributed by atoms with van der Waals surface area (Å²) >= 11 is 0. The molecule has 1 fully saturated rings. The van der Waals surface area contributed by atoms with Crippen LogP contribution in [0.1, 0.15) is 5.56 Å². The van der Waals surface area contributed by atoms with Crippen molar-refractivity contribution in [1.29, 1.82) is 5.26 Å². The number of aryl methyl sites for hydroxylation is 1. The lowest BCUT2D eigenvalue weighted by atomic mass is 10.2. The fourth-order valence-electron chi connectivity index (χ4n) is 2.02. The van der Waals surface area contributed by atoms with Gasteiger partial charge in [-0.05, 0) is 13.0 Å². The predicted octanol–water partition coefficient (Wildman–Crippen LogP) is 0.816. The molecule has 2 rings (SSSR count). The summed E-state index contributed by atoms with van der Waals surface area (Å²) in [6, 6.07) is 5.63. The number of hydrogen-bond donors (Lipinski definition) is 0. The molecule has 0 bridgehead atoms. The maximum absolute atomic E-state index is 12.5. The van der Waals surface area contributed by atoms with E-state index < -0.39 is 21.1 Å². The summed E-state index contributed by atoms with van der Waals surface area (Å²) in [6.07, 6.45) is -0.825. The first-order chi connectivity index (χ1) is 9.86. The van der Waals surface area contributed by atoms with E-state index in [1.54, 1.807) is 0 Å². The van der Waals surface area contributed by atoms with Crippen LogP contribution in [0.5, 0.6) is 0 Å². The van der Waals surface area contributed by atoms with Crippen LogP contribution in [0.2, 0.25) is 0 Å². The fourth-order valence-corrected chi connectivity index (χ4v) is 3.46. The second kappa shape index (κ2) is 5.77. The Hall–Kier alpha value is -2.02. The van der Waals surface area contributed by atoms with Gasteiger partial charge in [0.05, 0.1) is 29.0 Å². The molecule has 0 saturated carbocycles. The van der Waals surface area contributed by atoms with Crippen LogP contribution < -0.4 is 0 Å². The second-order valence-corrected chi connectivity index (χ2v) is 6.49. The van der Waals surface area contributed by atoms with E-state index in [0.29, 0.717) is 5.56 Å². The van der Waals surface area contributed by atoms with Crippen LogP contribution in [0.15, 0.2) is 23.1 Å². The van der Waals surface area contributed by atoms with E-state index in [4.69, 9.17) is 10.00 Å². The summed E-state index contributed by atoms with van der Waals surface area (Å²) in [4.78, 5) is 10.1. The maximum atomic E-state index is 12.5. The molecule has 0 aromatic heterocycles. The zero-order valence-corrected chi connectivity index (χ0v) is 12.0. The highest BCUT2D eigenvalue weighted by atomic mass is 32.2. The molecular formula is C12H13N3O5S. The monoisotopic (exact) mass is 311 g/mol. The molecule has 0 spiro atoms. The number of nitriles is 1. The van der Waals surface area contributed by atoms with Crippen molar-refractivity contribution in [2.24, 2.45) is 0 Å². The molecule has 0 aliphatic carbocycles. The normalized spacial score (nSPS) is 19.9. The lowest BCUT2D eigenvalue weighted by Crippen LogP contribution is -2.45. The lowest BCUT2D eigenvalue weighted by molar-refractivity contribution is -0.385. The molecule has 1 heterocycles. The Morgan fingerprint density at radius 3 is 2.86 bits per heavy atom. The van der Waals surface area contributed by atoms with E-state index in [2.05, 4.69) is 0 Å². The molecule has 1 aromatic carbocycles. The maximum Gasteiger partial charge on any atom is 0.273 e. The minimum atomic E-state index is -3.88. The Balaban J connectivity index is 2.38. The van der Waals surface area contributed by atoms with Crippen molar-refractivity contribution in [1.82, 2.24) is 4.31 Å². The number of benzene rings is 1. The smallest absolute Gasteiger partial charge is 0.273 e. The van der Waals surface area contributed by atoms with Gasteiger partial charge in [0, 0.05) is 18.2 Å². The SMILES string of the molecule is Cc1ccc(S(=O)(=O)N2CCOC(C#N)C2)cc1[N+](=O)[O-]. The average Bonchev–Trinajstić information content (AvgIpc) is 2.47. The van der Waals surface area contributed by atoms with E-state index in [1.807, 2.05) is 6.07 Å². The van der Waals surface area contributed by atoms with Gasteiger partial charge in [0.25, 0.3) is 5.69 Å². The zero-order chi connectivity index (χ0) is 15.6. The number of rotatable bonds is 3. The molecule has 1 aromatic rings. The third kappa shape index (κ3) is 3.02. The molecule has 1 aliphatic rings. The van der Waals surface area contributed by atoms with Gasteiger partial charge in [-0.3, -0.25) is 10.1 Å². The van der Waals surface area contributed by atoms with Crippen LogP contribution in [0.25, 0.3) is 0 Å². The number of hydrogen-bond acceptors (Lipinski definition) is 6. The van der Waals surface area contributed by atoms with Crippen LogP contribution in [-0.2, 0) is 14.8 Å². The van der Waals surface area contributed by atoms with Crippen molar-refractivity contribution in [3.05, 3.63) is 33.9 Å². The molecule has 8 nitrogen and oxygen atoms in total. The largest absolute Gasteiger partial charge is 0.361 e. The molecule has 1 aliphatic heterocycles. The standard InChI is InChI=1S/C12H13N3O5S/c1-9-2-3-11(6-12(9)15(16)17)21(18,19)14-4-5-20-10(7-13)8-14/h2-3,6,10H,4-5,8H2,1H3. The molecular weight excluding hydrogens is 298 g/mol. The number of sulfonamides is 1. The molecule has 0 N–H and O–H groups in total. The fraction of sp³-hybridized carbons (Fsp3) is 0.417. The van der Waals surface area contributed by atoms with Crippen LogP contribution in [0, 0.1) is 28.4 Å². The Morgan fingerprint density at radius 1 is 1.52 bits per heavy atom. The van der Waals surface area contributed by atoms with Gasteiger partial charge in [0.1, 0.15) is 0 Å². The first-order valence-electron chi connectivity index (χ1n) is 6.12. The van der Waals surface area contributed by atoms with Crippen LogP contribution >= 0.6 is 0 Å². The van der Waals surface area contributed by atoms with E-state index in [9.17, 15) is 18.5 Å². The summed E-state index contributed by atoms with van der Waals surface area (Å²) in [7, 11) is -3.88. The van der Waals surface area contributed by atoms with Gasteiger partial charge in [0.2, 0.25) is 10.0 Å². The van der Waals surface area contributed by atoms with Crippen molar-refractivity contribution in [2.75, 3.05) is 19.7 Å². The highest BCUT2D eigenvalue weighted by molar-refractivity contribution is 7.89. The first kappa shape index (κ1) is 15.4. The van der Waals surface area contributed by atoms with Crippen molar-refractivity contribution in [3.8, 4) is 6.07 Å². The Bertz CT molecular complexity index is 710. The summed E-state index contributed by atoms with van der Waals surface area (Å²) in [6.45, 7) is 1.68. The molecule has 9 heteroatoms. The highest BCUT2D eigenvalue weighted by Crippen LogP contribution is 2.25. The van der Waals surface area contributed by atoms with Crippen molar-refractivity contribution in [2.45, 2.75) is 17.9 Å². The highest BCUT2D eigenvalue weighted by Gasteiger charge is 2.31. The summed E-state index contributed by atoms with van der Waals surface area (Å²) in [5.74, 6) is 0. The number of morpholine rings is 1. The van der Waals surface area contributed by atoms with Crippen LogP contribution in [0.4, 0.5) is 5.69 Å². The second-order valence-electron chi connectivity index (χ2n) is 4.56. The zero-order valence-electron chi connectivity index (χ0n) is 11.2. The van der Waals surface area contributed by atoms with Gasteiger partial charge in [-0.25, -0.2) is 8.42 Å². The quantitative estimate of drug-likeness (QED) is 0.603. The third-order valence-electron chi connectivity index (χ3n) is 3.19. The topological polar surface area (TPSA) is 114 Å². The minimum absolute atomic E-state index is 0.0828. The first-order valence-corrected chi connectivity index (χ1v) is 7.56. The molecule has 1 unspecified atom stereocenters. The van der Waals surface area contributed by atoms with Gasteiger partial charge in [0.15, 0.2) is 6.10 Å². The number of ether oxygens (including phenoxy) is 1. The molecule has 112 valence electrons. The van der Waals surface area contributed by atoms with Gasteiger partial charge in [-0.1, -0.05) is 6.07 Å². The average molecular weight is 311 g/mol. The van der Waals surface area contributed by atoms with E-state index in [1.165, 1.54) is 19.1 Å². The van der Waals surface area contributed by atoms with Crippen LogP contribution in [-0.4, -0.2) is 43.4 Å². The molecule has 21 heavy (non-hydrogen) atoms. The van der Waals surface area contributed by atoms with Gasteiger partial charge in [-0.2, -0.15) is 9.57 Å². The lowest BCUT2D eigenvalue weighted by Gasteiger charge is -2.28. The van der Waals surface area contributed by atoms with Gasteiger partial charge >= 0.3 is 0 Å². The van der Waals surface area contributed by atoms with Crippen molar-refractivity contribution < 1.29 is 18.1 Å². The van der Waals surface area contributed by atoms with Gasteiger partial charge in [-0.15, -0.1) is 0 Å². The van der Waals surface area contributed by atoms with E-state index in [-0.39, 0.29) is 30.3 Å². The van der Waals surface area contributed by atoms with E-state index >= 15 is 0 Å². The summed E-state index contributed by atoms with van der Waals surface area (Å²) < 4.78 is 31.2. The number of nitro groups is 1. The summed E-state index contributed by atoms with van der Waals surface area (Å²) in [5.41, 5.74) is 0.136. The van der Waals surface area contributed by atoms with Crippen molar-refractivity contribution in [3.63, 3.8) is 0 Å². The Morgan fingerprint density at radius 2 is 2.24 bits per heavy atom. The molecule has 0 radical (unpaired) electrons. The Labute approximate surface area is 121 Å². The number of nitro benzene ring substituents is 1. The summed E-state index contributed by atoms with van der Waals surface area (Å²) in [5, 5.41) is 19.7. The molecule has 1 atom stereocenters. The third-order valence-corrected chi connectivity index (χ3v) is 5.05. The van der Waals surface area contributed by atoms with Crippen LogP contribution in [0.3, 0.4) is 0 Å². The Kier molecular flexibility index (Phi) is 4.22. The number of nitrogens with zero attached hydrogens (tertiary/aromatic N) is 3. The minimum Gasteiger partial charge on any atom is -0.361 e. The predicted molar refractivity (Wildman–Crippen MR) is 71.9 cm³/mol. The van der Waals surface area contributed by atoms with E-state index in [0.717, 1.165) is 10.4 Å².